The lowest BCUT2D eigenvalue weighted by Gasteiger charge is -2.10. The summed E-state index contributed by atoms with van der Waals surface area (Å²) >= 11 is 1.72. The molecule has 4 heteroatoms. The third-order valence-corrected chi connectivity index (χ3v) is 3.32. The molecule has 0 radical (unpaired) electrons. The predicted octanol–water partition coefficient (Wildman–Crippen LogP) is 2.71. The van der Waals surface area contributed by atoms with Crippen LogP contribution < -0.4 is 4.74 Å². The predicted molar refractivity (Wildman–Crippen MR) is 65.5 cm³/mol. The van der Waals surface area contributed by atoms with E-state index in [9.17, 15) is 4.39 Å². The number of halogens is 1. The summed E-state index contributed by atoms with van der Waals surface area (Å²) < 4.78 is 18.4. The molecular formula is C12H17FO2S. The first-order valence-corrected chi connectivity index (χ1v) is 6.38. The summed E-state index contributed by atoms with van der Waals surface area (Å²) in [5, 5.41) is 9.12. The molecule has 16 heavy (non-hydrogen) atoms. The number of hydrogen-bond donors (Lipinski definition) is 1. The van der Waals surface area contributed by atoms with E-state index in [1.54, 1.807) is 30.0 Å². The van der Waals surface area contributed by atoms with Gasteiger partial charge < -0.3 is 9.84 Å². The Balaban J connectivity index is 2.19. The quantitative estimate of drug-likeness (QED) is 0.748. The molecule has 0 heterocycles. The Morgan fingerprint density at radius 3 is 2.88 bits per heavy atom. The first-order valence-electron chi connectivity index (χ1n) is 5.34. The van der Waals surface area contributed by atoms with Crippen LogP contribution in [0.4, 0.5) is 4.39 Å². The van der Waals surface area contributed by atoms with Crippen molar-refractivity contribution in [3.05, 3.63) is 30.1 Å². The summed E-state index contributed by atoms with van der Waals surface area (Å²) in [4.78, 5) is 0. The second-order valence-corrected chi connectivity index (χ2v) is 5.02. The molecule has 1 N–H and O–H groups in total. The average Bonchev–Trinajstić information content (AvgIpc) is 2.27. The smallest absolute Gasteiger partial charge is 0.165 e. The minimum Gasteiger partial charge on any atom is -0.490 e. The third kappa shape index (κ3) is 4.86. The van der Waals surface area contributed by atoms with Gasteiger partial charge in [0.2, 0.25) is 0 Å². The van der Waals surface area contributed by atoms with E-state index in [0.717, 1.165) is 12.2 Å². The van der Waals surface area contributed by atoms with Crippen LogP contribution in [0.15, 0.2) is 24.3 Å². The second kappa shape index (κ2) is 7.52. The van der Waals surface area contributed by atoms with Crippen molar-refractivity contribution in [1.82, 2.24) is 0 Å². The molecule has 0 fully saturated rings. The number of aliphatic hydroxyl groups excluding tert-OH is 1. The molecule has 0 bridgehead atoms. The van der Waals surface area contributed by atoms with Crippen LogP contribution in [0.1, 0.15) is 13.3 Å². The topological polar surface area (TPSA) is 29.5 Å². The van der Waals surface area contributed by atoms with E-state index in [4.69, 9.17) is 9.84 Å². The fraction of sp³-hybridized carbons (Fsp3) is 0.500. The number of para-hydroxylation sites is 1. The third-order valence-electron chi connectivity index (χ3n) is 2.12. The zero-order valence-electron chi connectivity index (χ0n) is 9.36. The van der Waals surface area contributed by atoms with E-state index >= 15 is 0 Å². The van der Waals surface area contributed by atoms with Gasteiger partial charge in [-0.05, 0) is 18.6 Å². The Labute approximate surface area is 99.8 Å². The zero-order chi connectivity index (χ0) is 11.8. The van der Waals surface area contributed by atoms with Crippen LogP contribution in [0.5, 0.6) is 5.75 Å². The van der Waals surface area contributed by atoms with E-state index < -0.39 is 0 Å². The average molecular weight is 244 g/mol. The SMILES string of the molecule is CC(CCO)SCCOc1ccccc1F. The van der Waals surface area contributed by atoms with Crippen molar-refractivity contribution in [3.63, 3.8) is 0 Å². The lowest BCUT2D eigenvalue weighted by atomic mass is 10.3. The molecule has 1 atom stereocenters. The fourth-order valence-corrected chi connectivity index (χ4v) is 2.08. The molecule has 2 nitrogen and oxygen atoms in total. The van der Waals surface area contributed by atoms with Crippen LogP contribution in [-0.2, 0) is 0 Å². The van der Waals surface area contributed by atoms with Crippen molar-refractivity contribution >= 4 is 11.8 Å². The number of benzene rings is 1. The summed E-state index contributed by atoms with van der Waals surface area (Å²) in [5.74, 6) is 0.781. The lowest BCUT2D eigenvalue weighted by Crippen LogP contribution is -2.06. The lowest BCUT2D eigenvalue weighted by molar-refractivity contribution is 0.288. The summed E-state index contributed by atoms with van der Waals surface area (Å²) in [6.45, 7) is 2.76. The molecule has 1 unspecified atom stereocenters. The van der Waals surface area contributed by atoms with Gasteiger partial charge in [-0.3, -0.25) is 0 Å². The van der Waals surface area contributed by atoms with Crippen molar-refractivity contribution < 1.29 is 14.2 Å². The van der Waals surface area contributed by atoms with Gasteiger partial charge in [-0.15, -0.1) is 0 Å². The van der Waals surface area contributed by atoms with Crippen molar-refractivity contribution in [3.8, 4) is 5.75 Å². The van der Waals surface area contributed by atoms with E-state index in [-0.39, 0.29) is 12.4 Å². The maximum Gasteiger partial charge on any atom is 0.165 e. The van der Waals surface area contributed by atoms with Crippen molar-refractivity contribution in [2.24, 2.45) is 0 Å². The maximum absolute atomic E-state index is 13.1. The summed E-state index contributed by atoms with van der Waals surface area (Å²) in [7, 11) is 0. The summed E-state index contributed by atoms with van der Waals surface area (Å²) in [5.41, 5.74) is 0. The summed E-state index contributed by atoms with van der Waals surface area (Å²) in [6, 6.07) is 6.40. The van der Waals surface area contributed by atoms with E-state index in [1.807, 2.05) is 0 Å². The molecule has 1 aromatic rings. The fourth-order valence-electron chi connectivity index (χ4n) is 1.23. The Kier molecular flexibility index (Phi) is 6.26. The van der Waals surface area contributed by atoms with Gasteiger partial charge in [-0.1, -0.05) is 19.1 Å². The normalized spacial score (nSPS) is 12.4. The van der Waals surface area contributed by atoms with Crippen molar-refractivity contribution in [2.45, 2.75) is 18.6 Å². The van der Waals surface area contributed by atoms with Crippen LogP contribution in [0.25, 0.3) is 0 Å². The Morgan fingerprint density at radius 2 is 2.19 bits per heavy atom. The number of thioether (sulfide) groups is 1. The highest BCUT2D eigenvalue weighted by Crippen LogP contribution is 2.17. The zero-order valence-corrected chi connectivity index (χ0v) is 10.2. The standard InChI is InChI=1S/C12H17FO2S/c1-10(6-7-14)16-9-8-15-12-5-3-2-4-11(12)13/h2-5,10,14H,6-9H2,1H3. The maximum atomic E-state index is 13.1. The molecule has 0 aromatic heterocycles. The van der Waals surface area contributed by atoms with Gasteiger partial charge in [-0.25, -0.2) is 4.39 Å². The highest BCUT2D eigenvalue weighted by molar-refractivity contribution is 7.99. The molecule has 1 aromatic carbocycles. The van der Waals surface area contributed by atoms with Crippen LogP contribution in [0, 0.1) is 5.82 Å². The molecule has 0 aliphatic carbocycles. The summed E-state index contributed by atoms with van der Waals surface area (Å²) in [6.07, 6.45) is 0.782. The van der Waals surface area contributed by atoms with Gasteiger partial charge in [0, 0.05) is 17.6 Å². The molecule has 0 spiro atoms. The van der Waals surface area contributed by atoms with Crippen molar-refractivity contribution in [2.75, 3.05) is 19.0 Å². The van der Waals surface area contributed by atoms with Crippen LogP contribution in [-0.4, -0.2) is 29.3 Å². The number of rotatable bonds is 7. The molecule has 0 aliphatic rings. The molecule has 90 valence electrons. The molecule has 0 saturated carbocycles. The number of ether oxygens (including phenoxy) is 1. The van der Waals surface area contributed by atoms with E-state index in [0.29, 0.717) is 17.6 Å². The highest BCUT2D eigenvalue weighted by atomic mass is 32.2. The van der Waals surface area contributed by atoms with Crippen LogP contribution >= 0.6 is 11.8 Å². The van der Waals surface area contributed by atoms with E-state index in [1.165, 1.54) is 6.07 Å². The van der Waals surface area contributed by atoms with Gasteiger partial charge in [0.25, 0.3) is 0 Å². The second-order valence-electron chi connectivity index (χ2n) is 3.47. The molecule has 1 rings (SSSR count). The molecule has 0 saturated heterocycles. The van der Waals surface area contributed by atoms with Crippen LogP contribution in [0.2, 0.25) is 0 Å². The van der Waals surface area contributed by atoms with E-state index in [2.05, 4.69) is 6.92 Å². The Morgan fingerprint density at radius 1 is 1.44 bits per heavy atom. The molecular weight excluding hydrogens is 227 g/mol. The first-order chi connectivity index (χ1) is 7.74. The van der Waals surface area contributed by atoms with Crippen LogP contribution in [0.3, 0.4) is 0 Å². The van der Waals surface area contributed by atoms with Crippen molar-refractivity contribution in [1.29, 1.82) is 0 Å². The van der Waals surface area contributed by atoms with Gasteiger partial charge in [0.15, 0.2) is 11.6 Å². The minimum absolute atomic E-state index is 0.211. The molecule has 0 amide bonds. The Bertz CT molecular complexity index is 307. The minimum atomic E-state index is -0.323. The van der Waals surface area contributed by atoms with Gasteiger partial charge in [0.1, 0.15) is 0 Å². The first kappa shape index (κ1) is 13.3. The van der Waals surface area contributed by atoms with Gasteiger partial charge in [0.05, 0.1) is 6.61 Å². The molecule has 0 aliphatic heterocycles. The monoisotopic (exact) mass is 244 g/mol. The van der Waals surface area contributed by atoms with Gasteiger partial charge >= 0.3 is 0 Å². The largest absolute Gasteiger partial charge is 0.490 e. The highest BCUT2D eigenvalue weighted by Gasteiger charge is 2.03. The number of aliphatic hydroxyl groups is 1. The Hall–Kier alpha value is -0.740. The van der Waals surface area contributed by atoms with Gasteiger partial charge in [-0.2, -0.15) is 11.8 Å². The number of hydrogen-bond acceptors (Lipinski definition) is 3.